The van der Waals surface area contributed by atoms with Crippen LogP contribution in [0, 0.1) is 0 Å². The van der Waals surface area contributed by atoms with Gasteiger partial charge in [-0.05, 0) is 56.6 Å². The van der Waals surface area contributed by atoms with Crippen molar-refractivity contribution in [2.24, 2.45) is 7.05 Å². The van der Waals surface area contributed by atoms with Gasteiger partial charge in [0.2, 0.25) is 0 Å². The fraction of sp³-hybridized carbons (Fsp3) is 0.464. The molecule has 196 valence electrons. The first kappa shape index (κ1) is 25.6. The van der Waals surface area contributed by atoms with Gasteiger partial charge in [0.1, 0.15) is 12.5 Å². The third-order valence-electron chi connectivity index (χ3n) is 7.39. The summed E-state index contributed by atoms with van der Waals surface area (Å²) in [6.07, 6.45) is 6.12. The molecule has 0 saturated carbocycles. The lowest BCUT2D eigenvalue weighted by atomic mass is 10.1. The minimum atomic E-state index is -1.17. The largest absolute Gasteiger partial charge is 0.361 e. The molecule has 1 atom stereocenters. The topological polar surface area (TPSA) is 77.2 Å². The number of hydrogen-bond donors (Lipinski definition) is 1. The van der Waals surface area contributed by atoms with Crippen molar-refractivity contribution in [1.82, 2.24) is 24.2 Å². The fourth-order valence-corrected chi connectivity index (χ4v) is 5.78. The molecule has 0 spiro atoms. The number of nitrogens with zero attached hydrogens (tertiary/aromatic N) is 5. The lowest BCUT2D eigenvalue weighted by molar-refractivity contribution is 0.0863. The zero-order valence-electron chi connectivity index (χ0n) is 22.6. The minimum absolute atomic E-state index is 0.187. The molecule has 1 fully saturated rings. The summed E-state index contributed by atoms with van der Waals surface area (Å²) < 4.78 is 10.2. The van der Waals surface area contributed by atoms with Gasteiger partial charge in [0.15, 0.2) is 0 Å². The summed E-state index contributed by atoms with van der Waals surface area (Å²) in [5.41, 5.74) is 3.82. The average molecular weight is 519 g/mol. The molecular formula is C28H38N6O2Si. The number of aromatic nitrogens is 4. The Kier molecular flexibility index (Phi) is 7.20. The number of hydrogen-bond acceptors (Lipinski definition) is 5. The Morgan fingerprint density at radius 1 is 1.14 bits per heavy atom. The van der Waals surface area contributed by atoms with Crippen LogP contribution in [0.15, 0.2) is 42.7 Å². The summed E-state index contributed by atoms with van der Waals surface area (Å²) in [5.74, 6) is 0.347. The Morgan fingerprint density at radius 3 is 2.70 bits per heavy atom. The number of anilines is 1. The van der Waals surface area contributed by atoms with Crippen molar-refractivity contribution >= 4 is 41.6 Å². The number of aryl methyl sites for hydroxylation is 1. The molecule has 9 heteroatoms. The van der Waals surface area contributed by atoms with Gasteiger partial charge < -0.3 is 14.6 Å². The molecule has 37 heavy (non-hydrogen) atoms. The lowest BCUT2D eigenvalue weighted by Crippen LogP contribution is -2.27. The number of benzene rings is 1. The summed E-state index contributed by atoms with van der Waals surface area (Å²) in [6.45, 7) is 12.7. The predicted molar refractivity (Wildman–Crippen MR) is 152 cm³/mol. The second-order valence-electron chi connectivity index (χ2n) is 11.5. The van der Waals surface area contributed by atoms with Crippen LogP contribution >= 0.6 is 0 Å². The van der Waals surface area contributed by atoms with Gasteiger partial charge in [0, 0.05) is 68.6 Å². The second-order valence-corrected chi connectivity index (χ2v) is 17.1. The third kappa shape index (κ3) is 5.79. The highest BCUT2D eigenvalue weighted by atomic mass is 28.3. The summed E-state index contributed by atoms with van der Waals surface area (Å²) in [4.78, 5) is 20.1. The number of fused-ring (bicyclic) bond motifs is 2. The highest BCUT2D eigenvalue weighted by molar-refractivity contribution is 6.76. The molecule has 0 bridgehead atoms. The van der Waals surface area contributed by atoms with Gasteiger partial charge in [-0.25, -0.2) is 4.98 Å². The number of carbonyl (C=O) groups is 1. The Labute approximate surface area is 219 Å². The highest BCUT2D eigenvalue weighted by Gasteiger charge is 2.23. The zero-order valence-corrected chi connectivity index (χ0v) is 23.6. The van der Waals surface area contributed by atoms with Crippen LogP contribution in [0.2, 0.25) is 25.7 Å². The smallest absolute Gasteiger partial charge is 0.256 e. The highest BCUT2D eigenvalue weighted by Crippen LogP contribution is 2.26. The van der Waals surface area contributed by atoms with E-state index in [0.29, 0.717) is 24.2 Å². The van der Waals surface area contributed by atoms with Crippen molar-refractivity contribution in [2.75, 3.05) is 18.5 Å². The molecule has 1 aliphatic heterocycles. The molecule has 1 saturated heterocycles. The molecule has 1 aromatic carbocycles. The van der Waals surface area contributed by atoms with Crippen LogP contribution in [0.5, 0.6) is 0 Å². The Bertz CT molecular complexity index is 1420. The molecule has 1 N–H and O–H groups in total. The predicted octanol–water partition coefficient (Wildman–Crippen LogP) is 5.47. The normalized spacial score (nSPS) is 16.7. The number of amides is 1. The van der Waals surface area contributed by atoms with Crippen molar-refractivity contribution < 1.29 is 9.53 Å². The van der Waals surface area contributed by atoms with E-state index in [4.69, 9.17) is 4.74 Å². The average Bonchev–Trinajstić information content (AvgIpc) is 3.53. The monoisotopic (exact) mass is 518 g/mol. The molecule has 4 aromatic rings. The maximum Gasteiger partial charge on any atom is 0.256 e. The zero-order chi connectivity index (χ0) is 26.2. The summed E-state index contributed by atoms with van der Waals surface area (Å²) in [6, 6.07) is 11.5. The van der Waals surface area contributed by atoms with Crippen LogP contribution in [0.3, 0.4) is 0 Å². The van der Waals surface area contributed by atoms with Crippen LogP contribution in [0.4, 0.5) is 5.82 Å². The molecular weight excluding hydrogens is 480 g/mol. The van der Waals surface area contributed by atoms with E-state index in [2.05, 4.69) is 57.5 Å². The van der Waals surface area contributed by atoms with Crippen molar-refractivity contribution in [3.8, 4) is 0 Å². The van der Waals surface area contributed by atoms with Crippen LogP contribution in [-0.2, 0) is 25.1 Å². The van der Waals surface area contributed by atoms with Crippen LogP contribution in [-0.4, -0.2) is 57.4 Å². The Hall–Kier alpha value is -3.01. The van der Waals surface area contributed by atoms with E-state index < -0.39 is 8.07 Å². The lowest BCUT2D eigenvalue weighted by Gasteiger charge is -2.22. The van der Waals surface area contributed by atoms with E-state index in [1.165, 1.54) is 18.5 Å². The number of pyridine rings is 1. The Morgan fingerprint density at radius 2 is 1.95 bits per heavy atom. The molecule has 0 radical (unpaired) electrons. The summed E-state index contributed by atoms with van der Waals surface area (Å²) >= 11 is 0. The summed E-state index contributed by atoms with van der Waals surface area (Å²) in [7, 11) is 0.727. The maximum absolute atomic E-state index is 13.0. The third-order valence-corrected chi connectivity index (χ3v) is 9.10. The quantitative estimate of drug-likeness (QED) is 0.235. The molecule has 4 heterocycles. The second kappa shape index (κ2) is 10.4. The standard InChI is InChI=1S/C28H38N6O2Si/c1-20-7-6-10-33(20)18-24-14-23-16-29-27(15-26(23)34(24)19-36-11-12-37(3,4)5)31-28(35)21-8-9-25-22(13-21)17-30-32(25)2/h8-9,13-17,20H,6-7,10-12,18-19H2,1-5H3,(H,29,31,35)/t20-/m1/s1. The first-order valence-electron chi connectivity index (χ1n) is 13.2. The number of ether oxygens (including phenoxy) is 1. The molecule has 3 aromatic heterocycles. The van der Waals surface area contributed by atoms with Crippen LogP contribution in [0.25, 0.3) is 21.8 Å². The van der Waals surface area contributed by atoms with E-state index in [1.54, 1.807) is 10.9 Å². The van der Waals surface area contributed by atoms with Gasteiger partial charge in [-0.1, -0.05) is 19.6 Å². The van der Waals surface area contributed by atoms with E-state index >= 15 is 0 Å². The van der Waals surface area contributed by atoms with E-state index in [-0.39, 0.29) is 5.91 Å². The summed E-state index contributed by atoms with van der Waals surface area (Å²) in [5, 5.41) is 9.25. The fourth-order valence-electron chi connectivity index (χ4n) is 5.03. The van der Waals surface area contributed by atoms with Crippen molar-refractivity contribution in [3.05, 3.63) is 54.0 Å². The first-order valence-corrected chi connectivity index (χ1v) is 16.9. The van der Waals surface area contributed by atoms with Crippen molar-refractivity contribution in [3.63, 3.8) is 0 Å². The number of carbonyl (C=O) groups excluding carboxylic acids is 1. The molecule has 0 aliphatic carbocycles. The van der Waals surface area contributed by atoms with E-state index in [0.717, 1.165) is 47.5 Å². The maximum atomic E-state index is 13.0. The van der Waals surface area contributed by atoms with Gasteiger partial charge in [-0.15, -0.1) is 0 Å². The number of likely N-dealkylation sites (tertiary alicyclic amines) is 1. The molecule has 5 rings (SSSR count). The molecule has 1 amide bonds. The SMILES string of the molecule is C[C@@H]1CCCN1Cc1cc2cnc(NC(=O)c3ccc4c(cnn4C)c3)cc2n1COCC[Si](C)(C)C. The van der Waals surface area contributed by atoms with Gasteiger partial charge in [0.25, 0.3) is 5.91 Å². The van der Waals surface area contributed by atoms with Crippen molar-refractivity contribution in [1.29, 1.82) is 0 Å². The van der Waals surface area contributed by atoms with Crippen LogP contribution in [0.1, 0.15) is 35.8 Å². The van der Waals surface area contributed by atoms with E-state index in [1.807, 2.05) is 37.5 Å². The molecule has 8 nitrogen and oxygen atoms in total. The molecule has 0 unspecified atom stereocenters. The van der Waals surface area contributed by atoms with Crippen molar-refractivity contribution in [2.45, 2.75) is 64.8 Å². The Balaban J connectivity index is 1.39. The van der Waals surface area contributed by atoms with Crippen LogP contribution < -0.4 is 5.32 Å². The number of rotatable bonds is 9. The van der Waals surface area contributed by atoms with Gasteiger partial charge >= 0.3 is 0 Å². The van der Waals surface area contributed by atoms with E-state index in [9.17, 15) is 4.79 Å². The number of nitrogens with one attached hydrogen (secondary N) is 1. The van der Waals surface area contributed by atoms with Gasteiger partial charge in [-0.3, -0.25) is 14.4 Å². The minimum Gasteiger partial charge on any atom is -0.361 e. The first-order chi connectivity index (χ1) is 17.7. The van der Waals surface area contributed by atoms with Gasteiger partial charge in [-0.2, -0.15) is 5.10 Å². The van der Waals surface area contributed by atoms with Gasteiger partial charge in [0.05, 0.1) is 17.2 Å². The molecule has 1 aliphatic rings.